The Bertz CT molecular complexity index is 1390. The average Bonchev–Trinajstić information content (AvgIpc) is 3.47. The van der Waals surface area contributed by atoms with Crippen molar-refractivity contribution in [3.8, 4) is 0 Å². The molecule has 252 valence electrons. The standard InChI is InChI=1S/C33H46N4O9/c1-4-5-6-7-8-9-12-19(2)29-20(3)30(42)35-24(15-16-26(39)40)31(43)37-27(32(44)36-25(18-38)33(45)46-29)28(41)22-17-34-23-14-11-10-13-21(22)23/h10-11,13-14,17,19-20,24-25,27,29,34,38H,4-9,12,15-16,18H2,1-3H3,(H,35,42)(H,36,44)(H,37,43)(H,39,40)/t19?,20?,24-,25?,27?,29?/m0/s1. The number of aliphatic carboxylic acids is 1. The van der Waals surface area contributed by atoms with Gasteiger partial charge in [-0.1, -0.05) is 77.5 Å². The molecule has 46 heavy (non-hydrogen) atoms. The van der Waals surface area contributed by atoms with Crippen LogP contribution < -0.4 is 16.0 Å². The summed E-state index contributed by atoms with van der Waals surface area (Å²) < 4.78 is 5.78. The highest BCUT2D eigenvalue weighted by molar-refractivity contribution is 6.20. The number of carboxylic acid groups (broad SMARTS) is 1. The molecule has 0 saturated carbocycles. The number of carbonyl (C=O) groups is 6. The minimum atomic E-state index is -1.89. The molecule has 0 bridgehead atoms. The number of aromatic amines is 1. The second-order valence-corrected chi connectivity index (χ2v) is 12.0. The van der Waals surface area contributed by atoms with Crippen LogP contribution in [0.1, 0.15) is 88.9 Å². The summed E-state index contributed by atoms with van der Waals surface area (Å²) in [4.78, 5) is 82.0. The molecule has 1 aromatic heterocycles. The second-order valence-electron chi connectivity index (χ2n) is 12.0. The number of fused-ring (bicyclic) bond motifs is 1. The van der Waals surface area contributed by atoms with Gasteiger partial charge in [-0.2, -0.15) is 0 Å². The number of hydrogen-bond donors (Lipinski definition) is 6. The first kappa shape index (κ1) is 36.2. The lowest BCUT2D eigenvalue weighted by Gasteiger charge is -2.31. The Balaban J connectivity index is 1.95. The van der Waals surface area contributed by atoms with Gasteiger partial charge in [0.2, 0.25) is 11.8 Å². The van der Waals surface area contributed by atoms with Crippen LogP contribution >= 0.6 is 0 Å². The molecule has 1 fully saturated rings. The molecule has 1 aliphatic heterocycles. The van der Waals surface area contributed by atoms with Gasteiger partial charge in [0.1, 0.15) is 12.1 Å². The van der Waals surface area contributed by atoms with Crippen LogP contribution in [0.25, 0.3) is 10.9 Å². The van der Waals surface area contributed by atoms with E-state index in [1.807, 2.05) is 6.92 Å². The molecule has 1 aromatic carbocycles. The number of ketones is 1. The van der Waals surface area contributed by atoms with Crippen molar-refractivity contribution in [2.45, 2.75) is 103 Å². The molecule has 6 atom stereocenters. The Labute approximate surface area is 268 Å². The van der Waals surface area contributed by atoms with Crippen molar-refractivity contribution in [2.75, 3.05) is 6.61 Å². The van der Waals surface area contributed by atoms with Gasteiger partial charge in [0.15, 0.2) is 17.9 Å². The molecule has 13 nitrogen and oxygen atoms in total. The lowest BCUT2D eigenvalue weighted by molar-refractivity contribution is -0.161. The summed E-state index contributed by atoms with van der Waals surface area (Å²) in [5.74, 6) is -7.04. The van der Waals surface area contributed by atoms with Crippen LogP contribution in [-0.2, 0) is 28.7 Å². The monoisotopic (exact) mass is 642 g/mol. The van der Waals surface area contributed by atoms with Crippen LogP contribution in [-0.4, -0.2) is 81.5 Å². The summed E-state index contributed by atoms with van der Waals surface area (Å²) in [6.07, 6.45) is 6.43. The Hall–Kier alpha value is -4.26. The van der Waals surface area contributed by atoms with Crippen molar-refractivity contribution in [3.05, 3.63) is 36.0 Å². The van der Waals surface area contributed by atoms with Crippen LogP contribution in [0.15, 0.2) is 30.5 Å². The number of ether oxygens (including phenoxy) is 1. The van der Waals surface area contributed by atoms with Gasteiger partial charge in [0, 0.05) is 29.1 Å². The predicted molar refractivity (Wildman–Crippen MR) is 169 cm³/mol. The number of para-hydroxylation sites is 1. The SMILES string of the molecule is CCCCCCCCC(C)C1OC(=O)C(CO)NC(=O)C(C(=O)c2c[nH]c3ccccc23)NC(=O)[C@H](CCC(=O)O)NC(=O)C1C. The predicted octanol–water partition coefficient (Wildman–Crippen LogP) is 2.61. The smallest absolute Gasteiger partial charge is 0.331 e. The highest BCUT2D eigenvalue weighted by Crippen LogP contribution is 2.25. The summed E-state index contributed by atoms with van der Waals surface area (Å²) in [5, 5.41) is 27.1. The van der Waals surface area contributed by atoms with Crippen molar-refractivity contribution in [2.24, 2.45) is 11.8 Å². The third kappa shape index (κ3) is 9.62. The van der Waals surface area contributed by atoms with Gasteiger partial charge in [-0.25, -0.2) is 4.79 Å². The topological polar surface area (TPSA) is 204 Å². The van der Waals surface area contributed by atoms with E-state index in [-0.39, 0.29) is 17.9 Å². The second kappa shape index (κ2) is 17.4. The number of H-pyrrole nitrogens is 1. The molecule has 0 radical (unpaired) electrons. The molecular weight excluding hydrogens is 596 g/mol. The van der Waals surface area contributed by atoms with E-state index in [9.17, 15) is 39.0 Å². The highest BCUT2D eigenvalue weighted by Gasteiger charge is 2.40. The fourth-order valence-corrected chi connectivity index (χ4v) is 5.69. The van der Waals surface area contributed by atoms with E-state index in [4.69, 9.17) is 4.74 Å². The zero-order valence-electron chi connectivity index (χ0n) is 26.7. The van der Waals surface area contributed by atoms with Crippen molar-refractivity contribution >= 4 is 46.3 Å². The normalized spacial score (nSPS) is 23.6. The minimum absolute atomic E-state index is 0.0758. The Morgan fingerprint density at radius 2 is 1.59 bits per heavy atom. The van der Waals surface area contributed by atoms with Crippen molar-refractivity contribution in [3.63, 3.8) is 0 Å². The fraction of sp³-hybridized carbons (Fsp3) is 0.576. The van der Waals surface area contributed by atoms with Gasteiger partial charge in [-0.3, -0.25) is 24.0 Å². The number of aliphatic hydroxyl groups is 1. The lowest BCUT2D eigenvalue weighted by Crippen LogP contribution is -2.58. The molecule has 2 heterocycles. The van der Waals surface area contributed by atoms with Gasteiger partial charge in [0.25, 0.3) is 5.91 Å². The zero-order valence-corrected chi connectivity index (χ0v) is 26.7. The van der Waals surface area contributed by atoms with E-state index in [1.54, 1.807) is 24.3 Å². The molecule has 1 saturated heterocycles. The number of hydrogen-bond acceptors (Lipinski definition) is 8. The van der Waals surface area contributed by atoms with Gasteiger partial charge in [-0.15, -0.1) is 0 Å². The van der Waals surface area contributed by atoms with Gasteiger partial charge >= 0.3 is 11.9 Å². The average molecular weight is 643 g/mol. The Morgan fingerprint density at radius 3 is 2.28 bits per heavy atom. The van der Waals surface area contributed by atoms with Crippen LogP contribution in [0.3, 0.4) is 0 Å². The number of aliphatic hydroxyl groups excluding tert-OH is 1. The molecule has 3 rings (SSSR count). The number of benzene rings is 1. The molecule has 13 heteroatoms. The molecule has 5 unspecified atom stereocenters. The quantitative estimate of drug-likeness (QED) is 0.0775. The molecule has 0 spiro atoms. The van der Waals surface area contributed by atoms with Crippen LogP contribution in [0.4, 0.5) is 0 Å². The summed E-state index contributed by atoms with van der Waals surface area (Å²) in [6.45, 7) is 4.64. The largest absolute Gasteiger partial charge is 0.481 e. The first-order chi connectivity index (χ1) is 22.0. The molecule has 6 N–H and O–H groups in total. The number of unbranched alkanes of at least 4 members (excludes halogenated alkanes) is 5. The van der Waals surface area contributed by atoms with E-state index in [0.29, 0.717) is 17.3 Å². The van der Waals surface area contributed by atoms with Crippen molar-refractivity contribution < 1.29 is 43.7 Å². The highest BCUT2D eigenvalue weighted by atomic mass is 16.5. The molecule has 2 aromatic rings. The van der Waals surface area contributed by atoms with E-state index in [0.717, 1.165) is 38.5 Å². The third-order valence-electron chi connectivity index (χ3n) is 8.46. The number of carbonyl (C=O) groups excluding carboxylic acids is 5. The summed E-state index contributed by atoms with van der Waals surface area (Å²) in [5.41, 5.74) is 0.674. The number of cyclic esters (lactones) is 1. The Kier molecular flexibility index (Phi) is 13.7. The van der Waals surface area contributed by atoms with E-state index >= 15 is 0 Å². The van der Waals surface area contributed by atoms with Crippen LogP contribution in [0.2, 0.25) is 0 Å². The van der Waals surface area contributed by atoms with Gasteiger partial charge in [0.05, 0.1) is 12.5 Å². The third-order valence-corrected chi connectivity index (χ3v) is 8.46. The minimum Gasteiger partial charge on any atom is -0.481 e. The first-order valence-electron chi connectivity index (χ1n) is 16.0. The maximum Gasteiger partial charge on any atom is 0.331 e. The number of Topliss-reactive ketones (excluding diaryl/α,β-unsaturated/α-hetero) is 1. The van der Waals surface area contributed by atoms with Crippen molar-refractivity contribution in [1.82, 2.24) is 20.9 Å². The maximum atomic E-state index is 13.8. The molecule has 3 amide bonds. The molecule has 1 aliphatic rings. The molecular formula is C33H46N4O9. The fourth-order valence-electron chi connectivity index (χ4n) is 5.69. The van der Waals surface area contributed by atoms with E-state index in [2.05, 4.69) is 27.9 Å². The van der Waals surface area contributed by atoms with Crippen LogP contribution in [0.5, 0.6) is 0 Å². The maximum absolute atomic E-state index is 13.8. The molecule has 0 aliphatic carbocycles. The number of aromatic nitrogens is 1. The Morgan fingerprint density at radius 1 is 0.913 bits per heavy atom. The number of esters is 1. The lowest BCUT2D eigenvalue weighted by atomic mass is 9.88. The van der Waals surface area contributed by atoms with Gasteiger partial charge < -0.3 is 35.9 Å². The number of carboxylic acids is 1. The number of amides is 3. The summed E-state index contributed by atoms with van der Waals surface area (Å²) in [6, 6.07) is 1.90. The summed E-state index contributed by atoms with van der Waals surface area (Å²) in [7, 11) is 0. The van der Waals surface area contributed by atoms with Gasteiger partial charge in [-0.05, 0) is 24.8 Å². The number of nitrogens with one attached hydrogen (secondary N) is 4. The first-order valence-corrected chi connectivity index (χ1v) is 16.0. The summed E-state index contributed by atoms with van der Waals surface area (Å²) >= 11 is 0. The zero-order chi connectivity index (χ0) is 33.8. The van der Waals surface area contributed by atoms with Crippen LogP contribution in [0, 0.1) is 11.8 Å². The number of rotatable bonds is 14. The van der Waals surface area contributed by atoms with E-state index < -0.39 is 78.6 Å². The van der Waals surface area contributed by atoms with Crippen molar-refractivity contribution in [1.29, 1.82) is 0 Å². The van der Waals surface area contributed by atoms with E-state index in [1.165, 1.54) is 13.1 Å².